The van der Waals surface area contributed by atoms with Crippen molar-refractivity contribution in [3.05, 3.63) is 47.3 Å². The van der Waals surface area contributed by atoms with E-state index in [2.05, 4.69) is 5.10 Å². The molecule has 0 saturated heterocycles. The van der Waals surface area contributed by atoms with Crippen LogP contribution in [0.25, 0.3) is 5.69 Å². The fourth-order valence-electron chi connectivity index (χ4n) is 3.22. The van der Waals surface area contributed by atoms with Gasteiger partial charge in [0.25, 0.3) is 0 Å². The van der Waals surface area contributed by atoms with Crippen LogP contribution >= 0.6 is 11.6 Å². The van der Waals surface area contributed by atoms with E-state index >= 15 is 0 Å². The van der Waals surface area contributed by atoms with Crippen LogP contribution in [0.1, 0.15) is 42.5 Å². The first-order chi connectivity index (χ1) is 12.9. The van der Waals surface area contributed by atoms with E-state index < -0.39 is 11.4 Å². The molecule has 0 radical (unpaired) electrons. The van der Waals surface area contributed by atoms with Crippen molar-refractivity contribution < 1.29 is 14.3 Å². The molecule has 7 heteroatoms. The lowest BCUT2D eigenvalue weighted by Crippen LogP contribution is -2.44. The maximum absolute atomic E-state index is 12.8. The van der Waals surface area contributed by atoms with Gasteiger partial charge in [-0.25, -0.2) is 9.48 Å². The Balaban J connectivity index is 2.02. The number of nitrogens with zero attached hydrogens (tertiary/aromatic N) is 3. The Bertz CT molecular complexity index is 846. The van der Waals surface area contributed by atoms with Crippen LogP contribution in [0, 0.1) is 5.41 Å². The lowest BCUT2D eigenvalue weighted by molar-refractivity contribution is -0.140. The molecule has 1 aliphatic rings. The average molecular weight is 390 g/mol. The van der Waals surface area contributed by atoms with Crippen molar-refractivity contribution >= 4 is 23.5 Å². The zero-order valence-electron chi connectivity index (χ0n) is 15.9. The van der Waals surface area contributed by atoms with Crippen molar-refractivity contribution in [1.29, 1.82) is 0 Å². The van der Waals surface area contributed by atoms with Gasteiger partial charge in [0.05, 0.1) is 23.4 Å². The molecule has 2 heterocycles. The van der Waals surface area contributed by atoms with Crippen molar-refractivity contribution in [2.45, 2.75) is 33.7 Å². The third-order valence-electron chi connectivity index (χ3n) is 4.73. The van der Waals surface area contributed by atoms with Crippen LogP contribution in [0.5, 0.6) is 0 Å². The summed E-state index contributed by atoms with van der Waals surface area (Å²) in [5, 5.41) is 4.53. The zero-order chi connectivity index (χ0) is 19.6. The predicted octanol–water partition coefficient (Wildman–Crippen LogP) is 3.20. The monoisotopic (exact) mass is 389 g/mol. The number of amides is 1. The number of aromatic nitrogens is 2. The Morgan fingerprint density at radius 2 is 1.96 bits per heavy atom. The molecule has 0 unspecified atom stereocenters. The van der Waals surface area contributed by atoms with Gasteiger partial charge in [0, 0.05) is 31.0 Å². The molecule has 1 aromatic carbocycles. The van der Waals surface area contributed by atoms with Crippen molar-refractivity contribution in [3.63, 3.8) is 0 Å². The van der Waals surface area contributed by atoms with Crippen LogP contribution in [0.15, 0.2) is 30.3 Å². The second kappa shape index (κ2) is 7.72. The van der Waals surface area contributed by atoms with Crippen molar-refractivity contribution in [3.8, 4) is 5.69 Å². The first-order valence-corrected chi connectivity index (χ1v) is 9.61. The number of carbonyl (C=O) groups excluding carboxylic acids is 2. The zero-order valence-corrected chi connectivity index (χ0v) is 16.6. The first kappa shape index (κ1) is 19.4. The van der Waals surface area contributed by atoms with Gasteiger partial charge in [0.2, 0.25) is 5.91 Å². The number of halogens is 1. The molecule has 0 atom stereocenters. The minimum absolute atomic E-state index is 0.0228. The summed E-state index contributed by atoms with van der Waals surface area (Å²) in [7, 11) is 0. The standard InChI is InChI=1S/C20H24ClN3O3/c1-4-27-18(25)17-15-12-23(19(26)20(2,3)13-21)11-10-16(15)24(22-17)14-8-6-5-7-9-14/h5-9H,4,10-13H2,1-3H3. The Kier molecular flexibility index (Phi) is 5.56. The predicted molar refractivity (Wildman–Crippen MR) is 103 cm³/mol. The summed E-state index contributed by atoms with van der Waals surface area (Å²) in [5.74, 6) is -0.247. The van der Waals surface area contributed by atoms with E-state index in [0.29, 0.717) is 19.5 Å². The van der Waals surface area contributed by atoms with Crippen LogP contribution in [-0.4, -0.2) is 45.6 Å². The van der Waals surface area contributed by atoms with E-state index in [-0.39, 0.29) is 24.1 Å². The molecule has 144 valence electrons. The molecule has 0 N–H and O–H groups in total. The van der Waals surface area contributed by atoms with Crippen LogP contribution in [0.3, 0.4) is 0 Å². The SMILES string of the molecule is CCOC(=O)c1nn(-c2ccccc2)c2c1CN(C(=O)C(C)(C)CCl)CC2. The molecule has 1 amide bonds. The molecule has 27 heavy (non-hydrogen) atoms. The molecular weight excluding hydrogens is 366 g/mol. The Labute approximate surface area is 164 Å². The van der Waals surface area contributed by atoms with E-state index in [9.17, 15) is 9.59 Å². The highest BCUT2D eigenvalue weighted by atomic mass is 35.5. The quantitative estimate of drug-likeness (QED) is 0.582. The van der Waals surface area contributed by atoms with Gasteiger partial charge in [0.1, 0.15) is 0 Å². The fourth-order valence-corrected chi connectivity index (χ4v) is 3.34. The van der Waals surface area contributed by atoms with Gasteiger partial charge in [-0.2, -0.15) is 5.10 Å². The molecule has 3 rings (SSSR count). The summed E-state index contributed by atoms with van der Waals surface area (Å²) < 4.78 is 6.98. The summed E-state index contributed by atoms with van der Waals surface area (Å²) in [6.45, 7) is 6.59. The molecule has 2 aromatic rings. The minimum atomic E-state index is -0.654. The van der Waals surface area contributed by atoms with Gasteiger partial charge in [0.15, 0.2) is 5.69 Å². The molecule has 0 fully saturated rings. The number of carbonyl (C=O) groups is 2. The largest absolute Gasteiger partial charge is 0.461 e. The van der Waals surface area contributed by atoms with Gasteiger partial charge >= 0.3 is 5.97 Å². The van der Waals surface area contributed by atoms with Gasteiger partial charge in [-0.15, -0.1) is 11.6 Å². The Morgan fingerprint density at radius 3 is 2.59 bits per heavy atom. The molecule has 0 bridgehead atoms. The number of alkyl halides is 1. The van der Waals surface area contributed by atoms with Gasteiger partial charge in [-0.1, -0.05) is 18.2 Å². The summed E-state index contributed by atoms with van der Waals surface area (Å²) in [4.78, 5) is 27.1. The highest BCUT2D eigenvalue weighted by Gasteiger charge is 2.36. The topological polar surface area (TPSA) is 64.4 Å². The third-order valence-corrected chi connectivity index (χ3v) is 5.40. The molecule has 0 aliphatic carbocycles. The smallest absolute Gasteiger partial charge is 0.359 e. The van der Waals surface area contributed by atoms with Crippen molar-refractivity contribution in [2.75, 3.05) is 19.0 Å². The van der Waals surface area contributed by atoms with Gasteiger partial charge in [-0.3, -0.25) is 4.79 Å². The minimum Gasteiger partial charge on any atom is -0.461 e. The fraction of sp³-hybridized carbons (Fsp3) is 0.450. The second-order valence-corrected chi connectivity index (χ2v) is 7.50. The lowest BCUT2D eigenvalue weighted by Gasteiger charge is -2.33. The molecule has 0 spiro atoms. The summed E-state index contributed by atoms with van der Waals surface area (Å²) in [5.41, 5.74) is 2.19. The second-order valence-electron chi connectivity index (χ2n) is 7.24. The molecule has 1 aliphatic heterocycles. The molecule has 1 aromatic heterocycles. The summed E-state index contributed by atoms with van der Waals surface area (Å²) >= 11 is 5.98. The third kappa shape index (κ3) is 3.72. The van der Waals surface area contributed by atoms with Gasteiger partial charge in [-0.05, 0) is 32.9 Å². The van der Waals surface area contributed by atoms with E-state index in [4.69, 9.17) is 16.3 Å². The maximum atomic E-state index is 12.8. The van der Waals surface area contributed by atoms with Crippen LogP contribution in [0.4, 0.5) is 0 Å². The normalized spacial score (nSPS) is 14.0. The van der Waals surface area contributed by atoms with Crippen LogP contribution in [-0.2, 0) is 22.5 Å². The van der Waals surface area contributed by atoms with Crippen molar-refractivity contribution in [2.24, 2.45) is 5.41 Å². The number of rotatable bonds is 5. The number of ether oxygens (including phenoxy) is 1. The summed E-state index contributed by atoms with van der Waals surface area (Å²) in [6, 6.07) is 9.66. The number of hydrogen-bond donors (Lipinski definition) is 0. The van der Waals surface area contributed by atoms with Crippen molar-refractivity contribution in [1.82, 2.24) is 14.7 Å². The van der Waals surface area contributed by atoms with Gasteiger partial charge < -0.3 is 9.64 Å². The molecule has 6 nitrogen and oxygen atoms in total. The number of benzene rings is 1. The molecular formula is C20H24ClN3O3. The van der Waals surface area contributed by atoms with Crippen LogP contribution in [0.2, 0.25) is 0 Å². The Morgan fingerprint density at radius 1 is 1.26 bits per heavy atom. The first-order valence-electron chi connectivity index (χ1n) is 9.07. The number of esters is 1. The Hall–Kier alpha value is -2.34. The van der Waals surface area contributed by atoms with Crippen LogP contribution < -0.4 is 0 Å². The van der Waals surface area contributed by atoms with E-state index in [1.165, 1.54) is 0 Å². The summed E-state index contributed by atoms with van der Waals surface area (Å²) in [6.07, 6.45) is 0.612. The highest BCUT2D eigenvalue weighted by molar-refractivity contribution is 6.19. The van der Waals surface area contributed by atoms with E-state index in [0.717, 1.165) is 16.9 Å². The highest BCUT2D eigenvalue weighted by Crippen LogP contribution is 2.29. The van der Waals surface area contributed by atoms with E-state index in [1.807, 2.05) is 44.2 Å². The maximum Gasteiger partial charge on any atom is 0.359 e. The average Bonchev–Trinajstić information content (AvgIpc) is 3.07. The van der Waals surface area contributed by atoms with E-state index in [1.54, 1.807) is 16.5 Å². The number of para-hydroxylation sites is 1. The number of hydrogen-bond acceptors (Lipinski definition) is 4. The molecule has 0 saturated carbocycles. The number of fused-ring (bicyclic) bond motifs is 1. The lowest BCUT2D eigenvalue weighted by atomic mass is 9.92.